The number of benzene rings is 1. The van der Waals surface area contributed by atoms with Gasteiger partial charge >= 0.3 is 0 Å². The fourth-order valence-corrected chi connectivity index (χ4v) is 3.25. The number of pyridine rings is 1. The van der Waals surface area contributed by atoms with E-state index in [0.717, 1.165) is 6.07 Å². The SMILES string of the molecule is C[S+]([O-])c1cc(F)ccc1CNC(=O)C1=C(O)c2ncccc2[N]C1=O. The summed E-state index contributed by atoms with van der Waals surface area (Å²) in [4.78, 5) is 28.6. The van der Waals surface area contributed by atoms with Gasteiger partial charge in [0.2, 0.25) is 0 Å². The summed E-state index contributed by atoms with van der Waals surface area (Å²) in [5.74, 6) is -2.85. The lowest BCUT2D eigenvalue weighted by Gasteiger charge is -2.17. The van der Waals surface area contributed by atoms with E-state index in [1.807, 2.05) is 0 Å². The zero-order chi connectivity index (χ0) is 18.8. The number of carbonyl (C=O) groups excluding carboxylic acids is 2. The standard InChI is InChI=1S/C17H13FN3O4S/c1-26(25)12-7-10(18)5-4-9(12)8-20-16(23)13-15(22)14-11(21-17(13)24)3-2-6-19-14/h2-7,22H,8H2,1H3,(H,20,23). The Bertz CT molecular complexity index is 930. The van der Waals surface area contributed by atoms with E-state index in [4.69, 9.17) is 0 Å². The van der Waals surface area contributed by atoms with Crippen molar-refractivity contribution < 1.29 is 23.6 Å². The number of hydrogen-bond donors (Lipinski definition) is 2. The second-order valence-electron chi connectivity index (χ2n) is 5.40. The van der Waals surface area contributed by atoms with E-state index in [-0.39, 0.29) is 22.8 Å². The van der Waals surface area contributed by atoms with Crippen LogP contribution in [0.1, 0.15) is 11.3 Å². The average Bonchev–Trinajstić information content (AvgIpc) is 2.60. The lowest BCUT2D eigenvalue weighted by atomic mass is 10.1. The normalized spacial score (nSPS) is 14.5. The molecule has 2 heterocycles. The van der Waals surface area contributed by atoms with Crippen LogP contribution in [0.3, 0.4) is 0 Å². The highest BCUT2D eigenvalue weighted by molar-refractivity contribution is 7.90. The molecule has 9 heteroatoms. The summed E-state index contributed by atoms with van der Waals surface area (Å²) in [6.07, 6.45) is 2.79. The molecule has 1 unspecified atom stereocenters. The minimum atomic E-state index is -1.46. The number of aliphatic hydroxyl groups is 1. The van der Waals surface area contributed by atoms with Crippen LogP contribution < -0.4 is 10.6 Å². The highest BCUT2D eigenvalue weighted by Gasteiger charge is 2.32. The van der Waals surface area contributed by atoms with Gasteiger partial charge in [0.25, 0.3) is 11.8 Å². The Kier molecular flexibility index (Phi) is 4.92. The maximum absolute atomic E-state index is 13.3. The molecule has 1 aromatic carbocycles. The van der Waals surface area contributed by atoms with Crippen LogP contribution in [0.25, 0.3) is 5.76 Å². The summed E-state index contributed by atoms with van der Waals surface area (Å²) in [6.45, 7) is -0.104. The average molecular weight is 374 g/mol. The number of amides is 2. The third-order valence-electron chi connectivity index (χ3n) is 3.69. The van der Waals surface area contributed by atoms with Crippen LogP contribution in [0.15, 0.2) is 47.0 Å². The Morgan fingerprint density at radius 1 is 1.38 bits per heavy atom. The Morgan fingerprint density at radius 2 is 2.15 bits per heavy atom. The van der Waals surface area contributed by atoms with Gasteiger partial charge in [0, 0.05) is 24.4 Å². The quantitative estimate of drug-likeness (QED) is 0.618. The Hall–Kier alpha value is -2.91. The minimum Gasteiger partial charge on any atom is -0.612 e. The van der Waals surface area contributed by atoms with Crippen molar-refractivity contribution in [3.63, 3.8) is 0 Å². The van der Waals surface area contributed by atoms with Gasteiger partial charge in [-0.1, -0.05) is 0 Å². The zero-order valence-corrected chi connectivity index (χ0v) is 14.3. The number of fused-ring (bicyclic) bond motifs is 1. The molecule has 0 saturated carbocycles. The Balaban J connectivity index is 1.84. The molecule has 2 aromatic rings. The van der Waals surface area contributed by atoms with E-state index in [1.54, 1.807) is 6.07 Å². The molecule has 0 fully saturated rings. The molecule has 3 rings (SSSR count). The molecule has 0 saturated heterocycles. The second kappa shape index (κ2) is 7.14. The van der Waals surface area contributed by atoms with Crippen molar-refractivity contribution >= 4 is 34.4 Å². The van der Waals surface area contributed by atoms with Gasteiger partial charge in [-0.2, -0.15) is 0 Å². The molecule has 0 aliphatic carbocycles. The number of aliphatic hydroxyl groups excluding tert-OH is 1. The zero-order valence-electron chi connectivity index (χ0n) is 13.5. The van der Waals surface area contributed by atoms with Gasteiger partial charge in [0.1, 0.15) is 17.8 Å². The fraction of sp³-hybridized carbons (Fsp3) is 0.118. The maximum atomic E-state index is 13.3. The van der Waals surface area contributed by atoms with Crippen molar-refractivity contribution in [2.45, 2.75) is 11.4 Å². The molecule has 1 atom stereocenters. The van der Waals surface area contributed by atoms with Gasteiger partial charge in [0.15, 0.2) is 16.2 Å². The Labute approximate surface area is 151 Å². The minimum absolute atomic E-state index is 0.0365. The first-order valence-corrected chi connectivity index (χ1v) is 8.99. The number of halogens is 1. The van der Waals surface area contributed by atoms with E-state index in [1.165, 1.54) is 30.7 Å². The smallest absolute Gasteiger partial charge is 0.287 e. The van der Waals surface area contributed by atoms with Crippen molar-refractivity contribution in [1.29, 1.82) is 0 Å². The van der Waals surface area contributed by atoms with Crippen LogP contribution in [0, 0.1) is 5.82 Å². The van der Waals surface area contributed by atoms with Crippen LogP contribution in [0.5, 0.6) is 0 Å². The van der Waals surface area contributed by atoms with Crippen molar-refractivity contribution in [3.05, 3.63) is 59.2 Å². The monoisotopic (exact) mass is 374 g/mol. The predicted molar refractivity (Wildman–Crippen MR) is 91.2 cm³/mol. The number of carbonyl (C=O) groups is 2. The molecule has 2 N–H and O–H groups in total. The molecule has 1 aliphatic heterocycles. The van der Waals surface area contributed by atoms with Gasteiger partial charge in [-0.25, -0.2) is 9.71 Å². The molecule has 1 aliphatic rings. The number of rotatable bonds is 4. The van der Waals surface area contributed by atoms with E-state index >= 15 is 0 Å². The first kappa shape index (κ1) is 17.9. The molecule has 26 heavy (non-hydrogen) atoms. The van der Waals surface area contributed by atoms with Gasteiger partial charge in [0.05, 0.1) is 5.69 Å². The van der Waals surface area contributed by atoms with E-state index in [9.17, 15) is 23.6 Å². The third-order valence-corrected chi connectivity index (χ3v) is 4.69. The van der Waals surface area contributed by atoms with Crippen molar-refractivity contribution in [2.24, 2.45) is 0 Å². The predicted octanol–water partition coefficient (Wildman–Crippen LogP) is 1.32. The number of nitrogens with zero attached hydrogens (tertiary/aromatic N) is 2. The number of aromatic nitrogens is 1. The number of hydrogen-bond acceptors (Lipinski definition) is 5. The highest BCUT2D eigenvalue weighted by atomic mass is 32.2. The molecule has 0 spiro atoms. The fourth-order valence-electron chi connectivity index (χ4n) is 2.47. The van der Waals surface area contributed by atoms with Crippen molar-refractivity contribution in [3.8, 4) is 0 Å². The van der Waals surface area contributed by atoms with Gasteiger partial charge in [-0.15, -0.1) is 0 Å². The maximum Gasteiger partial charge on any atom is 0.287 e. The van der Waals surface area contributed by atoms with Gasteiger partial charge in [-0.05, 0) is 35.4 Å². The highest BCUT2D eigenvalue weighted by Crippen LogP contribution is 2.28. The van der Waals surface area contributed by atoms with Crippen LogP contribution >= 0.6 is 0 Å². The molecule has 1 radical (unpaired) electrons. The lowest BCUT2D eigenvalue weighted by Crippen LogP contribution is -2.34. The molecule has 133 valence electrons. The van der Waals surface area contributed by atoms with E-state index < -0.39 is 40.1 Å². The van der Waals surface area contributed by atoms with E-state index in [2.05, 4.69) is 15.6 Å². The first-order valence-electron chi connectivity index (χ1n) is 7.43. The van der Waals surface area contributed by atoms with Crippen LogP contribution in [0.2, 0.25) is 0 Å². The lowest BCUT2D eigenvalue weighted by molar-refractivity contribution is -0.123. The molecule has 0 bridgehead atoms. The van der Waals surface area contributed by atoms with Crippen LogP contribution in [0.4, 0.5) is 10.1 Å². The third kappa shape index (κ3) is 3.39. The summed E-state index contributed by atoms with van der Waals surface area (Å²) in [6, 6.07) is 6.73. The summed E-state index contributed by atoms with van der Waals surface area (Å²) in [5, 5.41) is 16.4. The largest absolute Gasteiger partial charge is 0.612 e. The molecule has 2 amide bonds. The molecular weight excluding hydrogens is 361 g/mol. The van der Waals surface area contributed by atoms with Crippen molar-refractivity contribution in [2.75, 3.05) is 6.26 Å². The molecule has 1 aromatic heterocycles. The number of nitrogens with one attached hydrogen (secondary N) is 1. The van der Waals surface area contributed by atoms with Crippen LogP contribution in [-0.4, -0.2) is 32.7 Å². The van der Waals surface area contributed by atoms with Gasteiger partial charge < -0.3 is 15.0 Å². The topological polar surface area (TPSA) is 116 Å². The van der Waals surface area contributed by atoms with Crippen LogP contribution in [-0.2, 0) is 27.3 Å². The Morgan fingerprint density at radius 3 is 2.88 bits per heavy atom. The summed E-state index contributed by atoms with van der Waals surface area (Å²) >= 11 is -1.46. The summed E-state index contributed by atoms with van der Waals surface area (Å²) in [5.41, 5.74) is 0.111. The van der Waals surface area contributed by atoms with E-state index in [0.29, 0.717) is 5.56 Å². The second-order valence-corrected chi connectivity index (χ2v) is 6.75. The van der Waals surface area contributed by atoms with Crippen molar-refractivity contribution in [1.82, 2.24) is 15.6 Å². The summed E-state index contributed by atoms with van der Waals surface area (Å²) in [7, 11) is 0. The molecule has 7 nitrogen and oxygen atoms in total. The summed E-state index contributed by atoms with van der Waals surface area (Å²) < 4.78 is 25.0. The van der Waals surface area contributed by atoms with Gasteiger partial charge in [-0.3, -0.25) is 14.6 Å². The molecular formula is C17H13FN3O4S. The first-order chi connectivity index (χ1) is 12.4.